The van der Waals surface area contributed by atoms with E-state index in [4.69, 9.17) is 4.74 Å². The molecule has 8 heteroatoms. The van der Waals surface area contributed by atoms with Crippen LogP contribution in [0.5, 0.6) is 5.88 Å². The highest BCUT2D eigenvalue weighted by Crippen LogP contribution is 2.22. The van der Waals surface area contributed by atoms with Gasteiger partial charge in [-0.15, -0.1) is 10.2 Å². The summed E-state index contributed by atoms with van der Waals surface area (Å²) in [5, 5.41) is 8.12. The van der Waals surface area contributed by atoms with Gasteiger partial charge < -0.3 is 4.74 Å². The van der Waals surface area contributed by atoms with Crippen LogP contribution in [-0.4, -0.2) is 25.2 Å². The first-order valence-electron chi connectivity index (χ1n) is 8.33. The molecule has 0 aliphatic carbocycles. The maximum atomic E-state index is 13.0. The Labute approximate surface area is 157 Å². The van der Waals surface area contributed by atoms with Crippen LogP contribution in [0, 0.1) is 5.82 Å². The predicted molar refractivity (Wildman–Crippen MR) is 100 cm³/mol. The highest BCUT2D eigenvalue weighted by Gasteiger charge is 2.14. The number of sulfonamides is 1. The molecule has 0 aliphatic rings. The lowest BCUT2D eigenvalue weighted by Gasteiger charge is -2.09. The fraction of sp³-hybridized carbons (Fsp3) is 0.158. The van der Waals surface area contributed by atoms with Crippen molar-refractivity contribution in [2.45, 2.75) is 18.2 Å². The molecular weight excluding hydrogens is 369 g/mol. The highest BCUT2D eigenvalue weighted by atomic mass is 32.2. The minimum atomic E-state index is -3.78. The normalized spacial score (nSPS) is 11.2. The Morgan fingerprint density at radius 1 is 0.963 bits per heavy atom. The fourth-order valence-electron chi connectivity index (χ4n) is 2.29. The van der Waals surface area contributed by atoms with Gasteiger partial charge in [-0.25, -0.2) is 12.8 Å². The van der Waals surface area contributed by atoms with Crippen molar-refractivity contribution in [1.82, 2.24) is 10.2 Å². The molecule has 3 aromatic rings. The Hall–Kier alpha value is -3.00. The van der Waals surface area contributed by atoms with Gasteiger partial charge in [-0.3, -0.25) is 4.72 Å². The summed E-state index contributed by atoms with van der Waals surface area (Å²) in [4.78, 5) is -0.0125. The van der Waals surface area contributed by atoms with Gasteiger partial charge in [0.2, 0.25) is 5.88 Å². The van der Waals surface area contributed by atoms with Crippen LogP contribution in [0.2, 0.25) is 0 Å². The van der Waals surface area contributed by atoms with E-state index in [-0.39, 0.29) is 4.90 Å². The molecule has 1 heterocycles. The number of halogens is 1. The zero-order valence-corrected chi connectivity index (χ0v) is 15.4. The van der Waals surface area contributed by atoms with Crippen molar-refractivity contribution in [3.8, 4) is 17.1 Å². The smallest absolute Gasteiger partial charge is 0.261 e. The minimum absolute atomic E-state index is 0.0125. The lowest BCUT2D eigenvalue weighted by molar-refractivity contribution is 0.302. The SMILES string of the molecule is CCCOc1ccc(-c2ccc(NS(=O)(=O)c3ccc(F)cc3)cc2)nn1. The van der Waals surface area contributed by atoms with Crippen molar-refractivity contribution >= 4 is 15.7 Å². The summed E-state index contributed by atoms with van der Waals surface area (Å²) in [5.41, 5.74) is 1.82. The van der Waals surface area contributed by atoms with Crippen LogP contribution in [0.1, 0.15) is 13.3 Å². The molecule has 1 N–H and O–H groups in total. The Morgan fingerprint density at radius 2 is 1.67 bits per heavy atom. The third kappa shape index (κ3) is 4.79. The molecule has 6 nitrogen and oxygen atoms in total. The first kappa shape index (κ1) is 18.8. The average Bonchev–Trinajstić information content (AvgIpc) is 2.67. The van der Waals surface area contributed by atoms with Gasteiger partial charge in [0.05, 0.1) is 17.2 Å². The summed E-state index contributed by atoms with van der Waals surface area (Å²) in [7, 11) is -3.78. The Kier molecular flexibility index (Phi) is 5.66. The summed E-state index contributed by atoms with van der Waals surface area (Å²) in [6.45, 7) is 2.59. The molecule has 0 bridgehead atoms. The second kappa shape index (κ2) is 8.13. The van der Waals surface area contributed by atoms with E-state index in [0.717, 1.165) is 24.1 Å². The van der Waals surface area contributed by atoms with Gasteiger partial charge in [-0.05, 0) is 48.9 Å². The average molecular weight is 387 g/mol. The van der Waals surface area contributed by atoms with Crippen LogP contribution in [0.4, 0.5) is 10.1 Å². The number of ether oxygens (including phenoxy) is 1. The Balaban J connectivity index is 1.72. The number of nitrogens with zero attached hydrogens (tertiary/aromatic N) is 2. The Morgan fingerprint density at radius 3 is 2.26 bits per heavy atom. The first-order chi connectivity index (χ1) is 13.0. The minimum Gasteiger partial charge on any atom is -0.477 e. The van der Waals surface area contributed by atoms with Gasteiger partial charge in [-0.1, -0.05) is 19.1 Å². The van der Waals surface area contributed by atoms with Crippen LogP contribution in [0.25, 0.3) is 11.3 Å². The lowest BCUT2D eigenvalue weighted by atomic mass is 10.1. The summed E-state index contributed by atoms with van der Waals surface area (Å²) in [6.07, 6.45) is 0.888. The summed E-state index contributed by atoms with van der Waals surface area (Å²) in [6, 6.07) is 14.9. The Bertz CT molecular complexity index is 990. The third-order valence-electron chi connectivity index (χ3n) is 3.65. The van der Waals surface area contributed by atoms with Crippen LogP contribution in [-0.2, 0) is 10.0 Å². The van der Waals surface area contributed by atoms with Crippen molar-refractivity contribution in [2.75, 3.05) is 11.3 Å². The van der Waals surface area contributed by atoms with Crippen molar-refractivity contribution in [3.63, 3.8) is 0 Å². The van der Waals surface area contributed by atoms with Gasteiger partial charge in [-0.2, -0.15) is 0 Å². The van der Waals surface area contributed by atoms with Gasteiger partial charge >= 0.3 is 0 Å². The summed E-state index contributed by atoms with van der Waals surface area (Å²) < 4.78 is 45.5. The van der Waals surface area contributed by atoms with Crippen LogP contribution < -0.4 is 9.46 Å². The zero-order chi connectivity index (χ0) is 19.3. The molecule has 140 valence electrons. The number of rotatable bonds is 7. The maximum absolute atomic E-state index is 13.0. The zero-order valence-electron chi connectivity index (χ0n) is 14.6. The van der Waals surface area contributed by atoms with Crippen molar-refractivity contribution in [3.05, 3.63) is 66.5 Å². The van der Waals surface area contributed by atoms with E-state index in [2.05, 4.69) is 14.9 Å². The lowest BCUT2D eigenvalue weighted by Crippen LogP contribution is -2.12. The maximum Gasteiger partial charge on any atom is 0.261 e. The molecule has 0 radical (unpaired) electrons. The molecule has 0 unspecified atom stereocenters. The number of benzene rings is 2. The number of hydrogen-bond acceptors (Lipinski definition) is 5. The molecule has 0 atom stereocenters. The van der Waals surface area contributed by atoms with E-state index in [1.54, 1.807) is 36.4 Å². The molecule has 3 rings (SSSR count). The molecule has 0 saturated carbocycles. The van der Waals surface area contributed by atoms with Crippen LogP contribution >= 0.6 is 0 Å². The van der Waals surface area contributed by atoms with E-state index in [1.165, 1.54) is 12.1 Å². The molecule has 0 amide bonds. The third-order valence-corrected chi connectivity index (χ3v) is 5.05. The molecule has 27 heavy (non-hydrogen) atoms. The topological polar surface area (TPSA) is 81.2 Å². The molecule has 0 fully saturated rings. The van der Waals surface area contributed by atoms with Crippen molar-refractivity contribution < 1.29 is 17.5 Å². The summed E-state index contributed by atoms with van der Waals surface area (Å²) in [5.74, 6) is -0.0326. The van der Waals surface area contributed by atoms with E-state index in [1.807, 2.05) is 6.92 Å². The van der Waals surface area contributed by atoms with Crippen LogP contribution in [0.3, 0.4) is 0 Å². The standard InChI is InChI=1S/C19H18FN3O3S/c1-2-13-26-19-12-11-18(21-22-19)14-3-7-16(8-4-14)23-27(24,25)17-9-5-15(20)6-10-17/h3-12,23H,2,13H2,1H3. The number of hydrogen-bond donors (Lipinski definition) is 1. The van der Waals surface area contributed by atoms with E-state index >= 15 is 0 Å². The first-order valence-corrected chi connectivity index (χ1v) is 9.81. The van der Waals surface area contributed by atoms with Gasteiger partial charge in [0.1, 0.15) is 5.82 Å². The molecule has 0 spiro atoms. The second-order valence-electron chi connectivity index (χ2n) is 5.74. The van der Waals surface area contributed by atoms with Crippen molar-refractivity contribution in [1.29, 1.82) is 0 Å². The number of nitrogens with one attached hydrogen (secondary N) is 1. The van der Waals surface area contributed by atoms with Gasteiger partial charge in [0.25, 0.3) is 10.0 Å². The summed E-state index contributed by atoms with van der Waals surface area (Å²) >= 11 is 0. The number of aromatic nitrogens is 2. The predicted octanol–water partition coefficient (Wildman–Crippen LogP) is 3.87. The number of anilines is 1. The van der Waals surface area contributed by atoms with Crippen LogP contribution in [0.15, 0.2) is 65.6 Å². The van der Waals surface area contributed by atoms with Gasteiger partial charge in [0, 0.05) is 17.3 Å². The quantitative estimate of drug-likeness (QED) is 0.665. The molecule has 0 saturated heterocycles. The molecule has 2 aromatic carbocycles. The highest BCUT2D eigenvalue weighted by molar-refractivity contribution is 7.92. The fourth-order valence-corrected chi connectivity index (χ4v) is 3.35. The van der Waals surface area contributed by atoms with E-state index < -0.39 is 15.8 Å². The molecule has 1 aromatic heterocycles. The molecule has 0 aliphatic heterocycles. The van der Waals surface area contributed by atoms with Gasteiger partial charge in [0.15, 0.2) is 0 Å². The largest absolute Gasteiger partial charge is 0.477 e. The second-order valence-corrected chi connectivity index (χ2v) is 7.42. The van der Waals surface area contributed by atoms with E-state index in [0.29, 0.717) is 23.9 Å². The van der Waals surface area contributed by atoms with Crippen molar-refractivity contribution in [2.24, 2.45) is 0 Å². The molecular formula is C19H18FN3O3S. The van der Waals surface area contributed by atoms with E-state index in [9.17, 15) is 12.8 Å². The monoisotopic (exact) mass is 387 g/mol.